The molecule has 0 rings (SSSR count). The Morgan fingerprint density at radius 3 is 0.840 bits per heavy atom. The van der Waals surface area contributed by atoms with Crippen molar-refractivity contribution in [3.8, 4) is 0 Å². The molecule has 0 fully saturated rings. The van der Waals surface area contributed by atoms with Gasteiger partial charge in [-0.15, -0.1) is 0 Å². The summed E-state index contributed by atoms with van der Waals surface area (Å²) in [6, 6.07) is 0. The van der Waals surface area contributed by atoms with E-state index in [4.69, 9.17) is 0 Å². The third-order valence-corrected chi connectivity index (χ3v) is 2.66. The van der Waals surface area contributed by atoms with Crippen LogP contribution < -0.4 is 0 Å². The van der Waals surface area contributed by atoms with E-state index >= 15 is 0 Å². The van der Waals surface area contributed by atoms with Crippen LogP contribution in [-0.2, 0) is 0 Å². The summed E-state index contributed by atoms with van der Waals surface area (Å²) in [6.07, 6.45) is -31.2. The van der Waals surface area contributed by atoms with E-state index in [0.717, 1.165) is 0 Å². The molecule has 0 aliphatic rings. The molecule has 25 heavy (non-hydrogen) atoms. The fourth-order valence-corrected chi connectivity index (χ4v) is 1.57. The average Bonchev–Trinajstić information content (AvgIpc) is 2.18. The molecule has 1 atom stereocenters. The monoisotopic (exact) mass is 420 g/mol. The topological polar surface area (TPSA) is 0 Å². The molecule has 0 amide bonds. The van der Waals surface area contributed by atoms with Crippen molar-refractivity contribution in [1.82, 2.24) is 0 Å². The average molecular weight is 420 g/mol. The third kappa shape index (κ3) is 3.54. The molecule has 0 heterocycles. The molecule has 0 aromatic rings. The second-order valence-electron chi connectivity index (χ2n) is 4.37. The van der Waals surface area contributed by atoms with Gasteiger partial charge in [-0.2, -0.15) is 61.5 Å². The van der Waals surface area contributed by atoms with Crippen LogP contribution in [0.5, 0.6) is 0 Å². The van der Waals surface area contributed by atoms with Crippen molar-refractivity contribution in [1.29, 1.82) is 0 Å². The fourth-order valence-electron chi connectivity index (χ4n) is 1.57. The first-order valence-corrected chi connectivity index (χ1v) is 5.08. The quantitative estimate of drug-likeness (QED) is 0.505. The Bertz CT molecular complexity index is 457. The lowest BCUT2D eigenvalue weighted by Gasteiger charge is -2.43. The molecule has 152 valence electrons. The van der Waals surface area contributed by atoms with Gasteiger partial charge in [-0.05, 0) is 0 Å². The predicted molar refractivity (Wildman–Crippen MR) is 41.4 cm³/mol. The van der Waals surface area contributed by atoms with E-state index in [1.54, 1.807) is 0 Å². The zero-order valence-corrected chi connectivity index (χ0v) is 10.5. The first-order chi connectivity index (χ1) is 10.4. The van der Waals surface area contributed by atoms with Gasteiger partial charge in [-0.25, -0.2) is 13.2 Å². The molecule has 0 aromatic heterocycles. The van der Waals surface area contributed by atoms with Gasteiger partial charge in [0.1, 0.15) is 0 Å². The van der Waals surface area contributed by atoms with Gasteiger partial charge in [0.25, 0.3) is 0 Å². The highest BCUT2D eigenvalue weighted by Gasteiger charge is 2.94. The molecule has 0 bridgehead atoms. The number of alkyl halides is 17. The van der Waals surface area contributed by atoms with Gasteiger partial charge in [0.15, 0.2) is 0 Å². The van der Waals surface area contributed by atoms with Gasteiger partial charge in [-0.3, -0.25) is 0 Å². The van der Waals surface area contributed by atoms with Crippen LogP contribution in [0.15, 0.2) is 0 Å². The summed E-state index contributed by atoms with van der Waals surface area (Å²) in [4.78, 5) is 0. The lowest BCUT2D eigenvalue weighted by molar-refractivity contribution is -0.454. The predicted octanol–water partition coefficient (Wildman–Crippen LogP) is 5.83. The van der Waals surface area contributed by atoms with Crippen molar-refractivity contribution in [2.24, 2.45) is 5.92 Å². The Hall–Kier alpha value is -1.19. The number of halogens is 17. The van der Waals surface area contributed by atoms with Crippen LogP contribution in [0, 0.1) is 5.92 Å². The summed E-state index contributed by atoms with van der Waals surface area (Å²) >= 11 is 0. The molecule has 0 nitrogen and oxygen atoms in total. The highest BCUT2D eigenvalue weighted by atomic mass is 19.4. The van der Waals surface area contributed by atoms with Crippen molar-refractivity contribution in [2.45, 2.75) is 42.2 Å². The zero-order valence-electron chi connectivity index (χ0n) is 10.5. The first-order valence-electron chi connectivity index (χ1n) is 5.08. The normalized spacial score (nSPS) is 18.5. The molecule has 0 spiro atoms. The van der Waals surface area contributed by atoms with Crippen LogP contribution in [0.2, 0.25) is 0 Å². The van der Waals surface area contributed by atoms with Gasteiger partial charge in [0.05, 0.1) is 0 Å². The van der Waals surface area contributed by atoms with Crippen LogP contribution in [0.3, 0.4) is 0 Å². The van der Waals surface area contributed by atoms with Gasteiger partial charge in [0, 0.05) is 0 Å². The molecule has 0 aliphatic heterocycles. The van der Waals surface area contributed by atoms with E-state index in [0.29, 0.717) is 0 Å². The second-order valence-corrected chi connectivity index (χ2v) is 4.37. The minimum atomic E-state index is -8.58. The Balaban J connectivity index is 6.99. The van der Waals surface area contributed by atoms with Crippen LogP contribution in [0.1, 0.15) is 0 Å². The van der Waals surface area contributed by atoms with Crippen molar-refractivity contribution in [3.05, 3.63) is 0 Å². The molecule has 1 unspecified atom stereocenters. The van der Waals surface area contributed by atoms with Gasteiger partial charge >= 0.3 is 42.2 Å². The summed E-state index contributed by atoms with van der Waals surface area (Å²) in [5.41, 5.74) is -8.58. The summed E-state index contributed by atoms with van der Waals surface area (Å²) in [7, 11) is 0. The number of hydrogen-bond donors (Lipinski definition) is 0. The smallest absolute Gasteiger partial charge is 0.220 e. The fraction of sp³-hybridized carbons (Fsp3) is 1.00. The van der Waals surface area contributed by atoms with Crippen LogP contribution >= 0.6 is 0 Å². The van der Waals surface area contributed by atoms with Crippen molar-refractivity contribution in [3.63, 3.8) is 0 Å². The Morgan fingerprint density at radius 2 is 0.680 bits per heavy atom. The van der Waals surface area contributed by atoms with E-state index in [9.17, 15) is 74.6 Å². The van der Waals surface area contributed by atoms with Gasteiger partial charge < -0.3 is 0 Å². The highest BCUT2D eigenvalue weighted by Crippen LogP contribution is 2.64. The van der Waals surface area contributed by atoms with Crippen molar-refractivity contribution in [2.75, 3.05) is 0 Å². The summed E-state index contributed by atoms with van der Waals surface area (Å²) in [6.45, 7) is 0. The molecular formula is C8HF17. The third-order valence-electron chi connectivity index (χ3n) is 2.66. The van der Waals surface area contributed by atoms with E-state index in [1.807, 2.05) is 0 Å². The van der Waals surface area contributed by atoms with E-state index < -0.39 is 48.1 Å². The maximum absolute atomic E-state index is 13.3. The molecule has 0 N–H and O–H groups in total. The van der Waals surface area contributed by atoms with Crippen LogP contribution in [0.25, 0.3) is 0 Å². The van der Waals surface area contributed by atoms with Gasteiger partial charge in [0.2, 0.25) is 5.92 Å². The summed E-state index contributed by atoms with van der Waals surface area (Å²) < 4.78 is 209. The number of hydrogen-bond acceptors (Lipinski definition) is 0. The maximum Gasteiger partial charge on any atom is 0.457 e. The largest absolute Gasteiger partial charge is 0.457 e. The molecule has 0 saturated carbocycles. The Kier molecular flexibility index (Phi) is 5.38. The first kappa shape index (κ1) is 23.8. The Morgan fingerprint density at radius 1 is 0.400 bits per heavy atom. The van der Waals surface area contributed by atoms with Gasteiger partial charge in [-0.1, -0.05) is 0 Å². The molecule has 0 radical (unpaired) electrons. The molecule has 0 aliphatic carbocycles. The maximum atomic E-state index is 13.3. The molecule has 17 heteroatoms. The van der Waals surface area contributed by atoms with Crippen LogP contribution in [-0.4, -0.2) is 42.2 Å². The minimum absolute atomic E-state index is 6.81. The van der Waals surface area contributed by atoms with Crippen molar-refractivity contribution >= 4 is 0 Å². The minimum Gasteiger partial charge on any atom is -0.220 e. The second kappa shape index (κ2) is 5.65. The standard InChI is InChI=1S/C8HF17/c9-2(10,1(3(11,12)13)4(14,15)16)5(17,7(20,21)22)6(18,19)8(23,24)25/h1H. The Labute approximate surface area is 124 Å². The molecular weight excluding hydrogens is 419 g/mol. The van der Waals surface area contributed by atoms with Crippen molar-refractivity contribution < 1.29 is 74.6 Å². The molecule has 0 aromatic carbocycles. The van der Waals surface area contributed by atoms with E-state index in [1.165, 1.54) is 0 Å². The van der Waals surface area contributed by atoms with E-state index in [2.05, 4.69) is 0 Å². The van der Waals surface area contributed by atoms with E-state index in [-0.39, 0.29) is 0 Å². The summed E-state index contributed by atoms with van der Waals surface area (Å²) in [5, 5.41) is 0. The lowest BCUT2D eigenvalue weighted by Crippen LogP contribution is -2.74. The SMILES string of the molecule is FC(F)(F)C(C(F)(F)F)C(F)(F)C(F)(C(F)(F)F)C(F)(F)C(F)(F)F. The number of rotatable bonds is 3. The molecule has 0 saturated heterocycles. The lowest BCUT2D eigenvalue weighted by atomic mass is 9.80. The van der Waals surface area contributed by atoms with Crippen LogP contribution in [0.4, 0.5) is 74.6 Å². The summed E-state index contributed by atoms with van der Waals surface area (Å²) in [5.74, 6) is -23.5. The zero-order chi connectivity index (χ0) is 21.1. The highest BCUT2D eigenvalue weighted by molar-refractivity contribution is 5.15.